The van der Waals surface area contributed by atoms with Gasteiger partial charge in [-0.2, -0.15) is 5.10 Å². The van der Waals surface area contributed by atoms with Crippen molar-refractivity contribution in [2.24, 2.45) is 11.7 Å². The zero-order valence-corrected chi connectivity index (χ0v) is 13.4. The molecule has 0 spiro atoms. The summed E-state index contributed by atoms with van der Waals surface area (Å²) < 4.78 is 1.74. The Morgan fingerprint density at radius 2 is 2.18 bits per heavy atom. The molecule has 0 unspecified atom stereocenters. The first-order chi connectivity index (χ1) is 10.5. The van der Waals surface area contributed by atoms with Gasteiger partial charge >= 0.3 is 0 Å². The van der Waals surface area contributed by atoms with E-state index in [-0.39, 0.29) is 11.9 Å². The molecule has 0 aromatic carbocycles. The SMILES string of the molecule is Cc1cc(C)n2nc(C)c(C(=O)N[C@H]3CCC[C@H]3CN)c2n1. The van der Waals surface area contributed by atoms with Gasteiger partial charge < -0.3 is 11.1 Å². The van der Waals surface area contributed by atoms with E-state index >= 15 is 0 Å². The molecule has 118 valence electrons. The molecular formula is C16H23N5O. The largest absolute Gasteiger partial charge is 0.349 e. The maximum absolute atomic E-state index is 12.7. The first-order valence-corrected chi connectivity index (χ1v) is 7.85. The van der Waals surface area contributed by atoms with Crippen LogP contribution in [0.25, 0.3) is 5.65 Å². The summed E-state index contributed by atoms with van der Waals surface area (Å²) in [6.07, 6.45) is 3.21. The molecule has 6 heteroatoms. The Morgan fingerprint density at radius 1 is 1.41 bits per heavy atom. The minimum atomic E-state index is -0.0876. The molecule has 2 aromatic heterocycles. The number of amides is 1. The first-order valence-electron chi connectivity index (χ1n) is 7.85. The predicted octanol–water partition coefficient (Wildman–Crippen LogP) is 1.51. The fourth-order valence-corrected chi connectivity index (χ4v) is 3.44. The molecule has 1 saturated carbocycles. The number of fused-ring (bicyclic) bond motifs is 1. The van der Waals surface area contributed by atoms with Crippen molar-refractivity contribution in [2.75, 3.05) is 6.54 Å². The Labute approximate surface area is 130 Å². The molecule has 2 heterocycles. The van der Waals surface area contributed by atoms with Crippen LogP contribution >= 0.6 is 0 Å². The van der Waals surface area contributed by atoms with Gasteiger partial charge in [0.2, 0.25) is 0 Å². The predicted molar refractivity (Wildman–Crippen MR) is 84.8 cm³/mol. The summed E-state index contributed by atoms with van der Waals surface area (Å²) in [5.74, 6) is 0.290. The zero-order chi connectivity index (χ0) is 15.9. The number of hydrogen-bond donors (Lipinski definition) is 2. The standard InChI is InChI=1S/C16H23N5O/c1-9-7-10(2)21-15(18-9)14(11(3)20-21)16(22)19-13-6-4-5-12(13)8-17/h7,12-13H,4-6,8,17H2,1-3H3,(H,19,22)/t12-,13-/m0/s1. The molecule has 0 saturated heterocycles. The molecule has 1 amide bonds. The number of carbonyl (C=O) groups is 1. The molecule has 1 aliphatic rings. The fourth-order valence-electron chi connectivity index (χ4n) is 3.44. The molecular weight excluding hydrogens is 278 g/mol. The maximum Gasteiger partial charge on any atom is 0.257 e. The van der Waals surface area contributed by atoms with Crippen LogP contribution in [0.2, 0.25) is 0 Å². The number of nitrogens with one attached hydrogen (secondary N) is 1. The van der Waals surface area contributed by atoms with E-state index in [0.29, 0.717) is 29.4 Å². The van der Waals surface area contributed by atoms with Crippen molar-refractivity contribution in [2.45, 2.75) is 46.1 Å². The lowest BCUT2D eigenvalue weighted by Crippen LogP contribution is -2.40. The summed E-state index contributed by atoms with van der Waals surface area (Å²) in [7, 11) is 0. The molecule has 0 bridgehead atoms. The highest BCUT2D eigenvalue weighted by atomic mass is 16.1. The molecule has 1 fully saturated rings. The summed E-state index contributed by atoms with van der Waals surface area (Å²) in [6.45, 7) is 6.37. The van der Waals surface area contributed by atoms with Crippen molar-refractivity contribution in [1.82, 2.24) is 19.9 Å². The quantitative estimate of drug-likeness (QED) is 0.900. The highest BCUT2D eigenvalue weighted by Crippen LogP contribution is 2.25. The monoisotopic (exact) mass is 301 g/mol. The molecule has 1 aliphatic carbocycles. The van der Waals surface area contributed by atoms with Crippen molar-refractivity contribution < 1.29 is 4.79 Å². The van der Waals surface area contributed by atoms with Gasteiger partial charge in [0.1, 0.15) is 5.56 Å². The average molecular weight is 301 g/mol. The van der Waals surface area contributed by atoms with Crippen LogP contribution in [0, 0.1) is 26.7 Å². The van der Waals surface area contributed by atoms with Crippen LogP contribution in [0.4, 0.5) is 0 Å². The smallest absolute Gasteiger partial charge is 0.257 e. The van der Waals surface area contributed by atoms with E-state index in [0.717, 1.165) is 30.7 Å². The molecule has 6 nitrogen and oxygen atoms in total. The van der Waals surface area contributed by atoms with E-state index in [2.05, 4.69) is 15.4 Å². The second-order valence-corrected chi connectivity index (χ2v) is 6.24. The Morgan fingerprint density at radius 3 is 2.91 bits per heavy atom. The van der Waals surface area contributed by atoms with Crippen LogP contribution in [0.5, 0.6) is 0 Å². The molecule has 3 N–H and O–H groups in total. The van der Waals surface area contributed by atoms with Gasteiger partial charge in [-0.1, -0.05) is 6.42 Å². The van der Waals surface area contributed by atoms with E-state index in [1.165, 1.54) is 0 Å². The topological polar surface area (TPSA) is 85.3 Å². The molecule has 2 atom stereocenters. The summed E-state index contributed by atoms with van der Waals surface area (Å²) in [5.41, 5.74) is 9.59. The lowest BCUT2D eigenvalue weighted by Gasteiger charge is -2.19. The van der Waals surface area contributed by atoms with Crippen LogP contribution in [-0.4, -0.2) is 33.1 Å². The third-order valence-electron chi connectivity index (χ3n) is 4.58. The van der Waals surface area contributed by atoms with Crippen LogP contribution < -0.4 is 11.1 Å². The summed E-state index contributed by atoms with van der Waals surface area (Å²) in [4.78, 5) is 17.2. The number of nitrogens with two attached hydrogens (primary N) is 1. The number of nitrogens with zero attached hydrogens (tertiary/aromatic N) is 3. The van der Waals surface area contributed by atoms with E-state index in [1.54, 1.807) is 4.52 Å². The van der Waals surface area contributed by atoms with Gasteiger partial charge in [0.05, 0.1) is 5.69 Å². The number of carbonyl (C=O) groups excluding carboxylic acids is 1. The van der Waals surface area contributed by atoms with Crippen LogP contribution in [0.15, 0.2) is 6.07 Å². The highest BCUT2D eigenvalue weighted by molar-refractivity contribution is 6.01. The Bertz CT molecular complexity index is 721. The second-order valence-electron chi connectivity index (χ2n) is 6.24. The van der Waals surface area contributed by atoms with Gasteiger partial charge in [-0.25, -0.2) is 9.50 Å². The lowest BCUT2D eigenvalue weighted by atomic mass is 10.0. The summed E-state index contributed by atoms with van der Waals surface area (Å²) in [6, 6.07) is 2.13. The highest BCUT2D eigenvalue weighted by Gasteiger charge is 2.29. The third kappa shape index (κ3) is 2.47. The molecule has 22 heavy (non-hydrogen) atoms. The van der Waals surface area contributed by atoms with Gasteiger partial charge in [0.25, 0.3) is 5.91 Å². The van der Waals surface area contributed by atoms with Gasteiger partial charge in [0.15, 0.2) is 5.65 Å². The molecule has 0 aliphatic heterocycles. The number of aromatic nitrogens is 3. The zero-order valence-electron chi connectivity index (χ0n) is 13.4. The Kier molecular flexibility index (Phi) is 3.87. The van der Waals surface area contributed by atoms with E-state index in [1.807, 2.05) is 26.8 Å². The Hall–Kier alpha value is -1.95. The fraction of sp³-hybridized carbons (Fsp3) is 0.562. The number of aryl methyl sites for hydroxylation is 3. The van der Waals surface area contributed by atoms with Crippen LogP contribution in [-0.2, 0) is 0 Å². The second kappa shape index (κ2) is 5.68. The summed E-state index contributed by atoms with van der Waals surface area (Å²) in [5, 5.41) is 7.60. The minimum absolute atomic E-state index is 0.0876. The van der Waals surface area contributed by atoms with Crippen molar-refractivity contribution in [3.8, 4) is 0 Å². The van der Waals surface area contributed by atoms with Gasteiger partial charge in [0, 0.05) is 17.4 Å². The average Bonchev–Trinajstić information content (AvgIpc) is 3.02. The molecule has 0 radical (unpaired) electrons. The van der Waals surface area contributed by atoms with E-state index in [4.69, 9.17) is 5.73 Å². The number of rotatable bonds is 3. The van der Waals surface area contributed by atoms with Crippen molar-refractivity contribution in [3.63, 3.8) is 0 Å². The molecule has 2 aromatic rings. The van der Waals surface area contributed by atoms with E-state index in [9.17, 15) is 4.79 Å². The van der Waals surface area contributed by atoms with Crippen molar-refractivity contribution in [1.29, 1.82) is 0 Å². The van der Waals surface area contributed by atoms with Gasteiger partial charge in [-0.3, -0.25) is 4.79 Å². The third-order valence-corrected chi connectivity index (χ3v) is 4.58. The van der Waals surface area contributed by atoms with Gasteiger partial charge in [-0.05, 0) is 52.1 Å². The van der Waals surface area contributed by atoms with Crippen LogP contribution in [0.1, 0.15) is 46.7 Å². The Balaban J connectivity index is 1.95. The van der Waals surface area contributed by atoms with Crippen molar-refractivity contribution >= 4 is 11.6 Å². The normalized spacial score (nSPS) is 21.5. The lowest BCUT2D eigenvalue weighted by molar-refractivity contribution is 0.0929. The first kappa shape index (κ1) is 15.0. The molecule has 3 rings (SSSR count). The summed E-state index contributed by atoms with van der Waals surface area (Å²) >= 11 is 0. The maximum atomic E-state index is 12.7. The minimum Gasteiger partial charge on any atom is -0.349 e. The van der Waals surface area contributed by atoms with E-state index < -0.39 is 0 Å². The van der Waals surface area contributed by atoms with Gasteiger partial charge in [-0.15, -0.1) is 0 Å². The number of hydrogen-bond acceptors (Lipinski definition) is 4. The van der Waals surface area contributed by atoms with Crippen molar-refractivity contribution in [3.05, 3.63) is 28.7 Å². The van der Waals surface area contributed by atoms with Crippen LogP contribution in [0.3, 0.4) is 0 Å².